The van der Waals surface area contributed by atoms with Crippen LogP contribution in [0.2, 0.25) is 5.02 Å². The Labute approximate surface area is 77.5 Å². The average molecular weight is 211 g/mol. The van der Waals surface area contributed by atoms with Crippen LogP contribution in [0.25, 0.3) is 0 Å². The lowest BCUT2D eigenvalue weighted by Gasteiger charge is -2.06. The van der Waals surface area contributed by atoms with Crippen molar-refractivity contribution in [3.05, 3.63) is 28.3 Å². The molecule has 6 heteroatoms. The maximum atomic E-state index is 12.6. The highest BCUT2D eigenvalue weighted by atomic mass is 35.5. The number of halogens is 4. The molecule has 1 aromatic heterocycles. The Hall–Kier alpha value is -0.810. The summed E-state index contributed by atoms with van der Waals surface area (Å²) < 4.78 is 37.0. The van der Waals surface area contributed by atoms with Gasteiger partial charge in [-0.3, -0.25) is 0 Å². The van der Waals surface area contributed by atoms with Crippen LogP contribution in [0.4, 0.5) is 13.2 Å². The molecule has 0 bridgehead atoms. The van der Waals surface area contributed by atoms with E-state index in [0.717, 1.165) is 6.07 Å². The van der Waals surface area contributed by atoms with Crippen LogP contribution in [-0.4, -0.2) is 4.98 Å². The van der Waals surface area contributed by atoms with Gasteiger partial charge in [0, 0.05) is 6.54 Å². The van der Waals surface area contributed by atoms with E-state index in [2.05, 4.69) is 4.98 Å². The normalized spacial score (nSPS) is 10.9. The number of alkyl halides is 2. The maximum Gasteiger partial charge on any atom is 0.280 e. The lowest BCUT2D eigenvalue weighted by Crippen LogP contribution is -2.06. The second kappa shape index (κ2) is 3.93. The minimum Gasteiger partial charge on any atom is -0.326 e. The monoisotopic (exact) mass is 210 g/mol. The topological polar surface area (TPSA) is 38.9 Å². The first-order valence-corrected chi connectivity index (χ1v) is 3.77. The third kappa shape index (κ3) is 2.10. The molecular formula is C7H6ClF3N2. The zero-order valence-corrected chi connectivity index (χ0v) is 7.15. The molecule has 0 saturated carbocycles. The molecule has 1 aromatic rings. The molecule has 0 aromatic carbocycles. The maximum absolute atomic E-state index is 12.6. The molecule has 0 aliphatic rings. The number of aromatic nitrogens is 1. The van der Waals surface area contributed by atoms with Gasteiger partial charge in [0.05, 0.1) is 5.02 Å². The Kier molecular flexibility index (Phi) is 3.11. The van der Waals surface area contributed by atoms with E-state index >= 15 is 0 Å². The average Bonchev–Trinajstić information content (AvgIpc) is 2.08. The van der Waals surface area contributed by atoms with Crippen molar-refractivity contribution in [2.75, 3.05) is 0 Å². The van der Waals surface area contributed by atoms with E-state index in [4.69, 9.17) is 17.3 Å². The van der Waals surface area contributed by atoms with Gasteiger partial charge in [-0.2, -0.15) is 4.39 Å². The summed E-state index contributed by atoms with van der Waals surface area (Å²) >= 11 is 5.33. The largest absolute Gasteiger partial charge is 0.326 e. The van der Waals surface area contributed by atoms with Crippen LogP contribution in [0.15, 0.2) is 6.07 Å². The summed E-state index contributed by atoms with van der Waals surface area (Å²) in [5.41, 5.74) is 4.56. The van der Waals surface area contributed by atoms with Crippen molar-refractivity contribution < 1.29 is 13.2 Å². The molecule has 0 unspecified atom stereocenters. The van der Waals surface area contributed by atoms with Crippen LogP contribution >= 0.6 is 11.6 Å². The second-order valence-electron chi connectivity index (χ2n) is 2.31. The third-order valence-electron chi connectivity index (χ3n) is 1.47. The van der Waals surface area contributed by atoms with Gasteiger partial charge in [-0.15, -0.1) is 0 Å². The molecule has 2 nitrogen and oxygen atoms in total. The summed E-state index contributed by atoms with van der Waals surface area (Å²) in [5.74, 6) is -1.10. The van der Waals surface area contributed by atoms with E-state index in [1.54, 1.807) is 0 Å². The van der Waals surface area contributed by atoms with Gasteiger partial charge >= 0.3 is 0 Å². The first-order valence-electron chi connectivity index (χ1n) is 3.39. The zero-order valence-electron chi connectivity index (χ0n) is 6.40. The number of nitrogens with two attached hydrogens (primary N) is 1. The van der Waals surface area contributed by atoms with Crippen LogP contribution in [0.3, 0.4) is 0 Å². The van der Waals surface area contributed by atoms with Gasteiger partial charge in [0.25, 0.3) is 6.43 Å². The van der Waals surface area contributed by atoms with E-state index in [9.17, 15) is 13.2 Å². The predicted octanol–water partition coefficient (Wildman–Crippen LogP) is 2.27. The van der Waals surface area contributed by atoms with Gasteiger partial charge < -0.3 is 5.73 Å². The third-order valence-corrected chi connectivity index (χ3v) is 1.74. The Morgan fingerprint density at radius 2 is 2.15 bits per heavy atom. The molecule has 72 valence electrons. The van der Waals surface area contributed by atoms with Gasteiger partial charge in [-0.1, -0.05) is 11.6 Å². The Morgan fingerprint density at radius 3 is 2.62 bits per heavy atom. The van der Waals surface area contributed by atoms with E-state index in [0.29, 0.717) is 0 Å². The zero-order chi connectivity index (χ0) is 10.0. The smallest absolute Gasteiger partial charge is 0.280 e. The fourth-order valence-electron chi connectivity index (χ4n) is 0.870. The molecule has 0 aliphatic heterocycles. The van der Waals surface area contributed by atoms with E-state index < -0.39 is 18.1 Å². The molecular weight excluding hydrogens is 205 g/mol. The highest BCUT2D eigenvalue weighted by molar-refractivity contribution is 6.30. The first kappa shape index (κ1) is 10.3. The number of hydrogen-bond acceptors (Lipinski definition) is 2. The first-order chi connectivity index (χ1) is 6.06. The molecule has 0 saturated heterocycles. The van der Waals surface area contributed by atoms with Crippen LogP contribution in [-0.2, 0) is 6.54 Å². The summed E-state index contributed by atoms with van der Waals surface area (Å²) in [6.45, 7) is -0.146. The van der Waals surface area contributed by atoms with Crippen molar-refractivity contribution in [2.24, 2.45) is 5.73 Å². The van der Waals surface area contributed by atoms with E-state index in [1.807, 2.05) is 0 Å². The van der Waals surface area contributed by atoms with Crippen LogP contribution in [0, 0.1) is 5.95 Å². The Bertz CT molecular complexity index is 317. The Morgan fingerprint density at radius 1 is 1.54 bits per heavy atom. The van der Waals surface area contributed by atoms with Crippen molar-refractivity contribution in [1.29, 1.82) is 0 Å². The number of pyridine rings is 1. The molecule has 0 aliphatic carbocycles. The van der Waals surface area contributed by atoms with Crippen molar-refractivity contribution >= 4 is 11.6 Å². The molecule has 2 N–H and O–H groups in total. The quantitative estimate of drug-likeness (QED) is 0.761. The highest BCUT2D eigenvalue weighted by Crippen LogP contribution is 2.24. The molecule has 0 amide bonds. The minimum absolute atomic E-state index is 0.0569. The molecule has 0 radical (unpaired) electrons. The van der Waals surface area contributed by atoms with Crippen LogP contribution in [0.1, 0.15) is 17.7 Å². The van der Waals surface area contributed by atoms with Crippen molar-refractivity contribution in [1.82, 2.24) is 4.98 Å². The fraction of sp³-hybridized carbons (Fsp3) is 0.286. The van der Waals surface area contributed by atoms with Crippen LogP contribution < -0.4 is 5.73 Å². The second-order valence-corrected chi connectivity index (χ2v) is 2.72. The summed E-state index contributed by atoms with van der Waals surface area (Å²) in [5, 5.41) is -0.301. The summed E-state index contributed by atoms with van der Waals surface area (Å²) in [4.78, 5) is 3.01. The van der Waals surface area contributed by atoms with Crippen molar-refractivity contribution in [3.63, 3.8) is 0 Å². The molecule has 0 spiro atoms. The fourth-order valence-corrected chi connectivity index (χ4v) is 1.04. The number of nitrogens with zero attached hydrogens (tertiary/aromatic N) is 1. The van der Waals surface area contributed by atoms with Gasteiger partial charge in [0.1, 0.15) is 5.69 Å². The van der Waals surface area contributed by atoms with Gasteiger partial charge in [-0.05, 0) is 11.6 Å². The SMILES string of the molecule is NCc1cc(Cl)c(F)nc1C(F)F. The van der Waals surface area contributed by atoms with E-state index in [-0.39, 0.29) is 17.1 Å². The molecule has 0 fully saturated rings. The van der Waals surface area contributed by atoms with E-state index in [1.165, 1.54) is 0 Å². The molecule has 0 atom stereocenters. The van der Waals surface area contributed by atoms with Gasteiger partial charge in [0.2, 0.25) is 5.95 Å². The Balaban J connectivity index is 3.25. The number of rotatable bonds is 2. The molecule has 1 rings (SSSR count). The summed E-state index contributed by atoms with van der Waals surface area (Å²) in [7, 11) is 0. The van der Waals surface area contributed by atoms with Crippen LogP contribution in [0.5, 0.6) is 0 Å². The summed E-state index contributed by atoms with van der Waals surface area (Å²) in [6, 6.07) is 1.06. The standard InChI is InChI=1S/C7H6ClF3N2/c8-4-1-3(2-12)5(6(9)10)13-7(4)11/h1,6H,2,12H2. The van der Waals surface area contributed by atoms with Crippen molar-refractivity contribution in [2.45, 2.75) is 13.0 Å². The van der Waals surface area contributed by atoms with Gasteiger partial charge in [-0.25, -0.2) is 13.8 Å². The highest BCUT2D eigenvalue weighted by Gasteiger charge is 2.17. The minimum atomic E-state index is -2.84. The van der Waals surface area contributed by atoms with Gasteiger partial charge in [0.15, 0.2) is 0 Å². The molecule has 1 heterocycles. The number of hydrogen-bond donors (Lipinski definition) is 1. The lowest BCUT2D eigenvalue weighted by molar-refractivity contribution is 0.143. The predicted molar refractivity (Wildman–Crippen MR) is 42.1 cm³/mol. The lowest BCUT2D eigenvalue weighted by atomic mass is 10.2. The summed E-state index contributed by atoms with van der Waals surface area (Å²) in [6.07, 6.45) is -2.84. The molecule has 13 heavy (non-hydrogen) atoms. The van der Waals surface area contributed by atoms with Crippen molar-refractivity contribution in [3.8, 4) is 0 Å².